The Labute approximate surface area is 157 Å². The van der Waals surface area contributed by atoms with E-state index in [0.717, 1.165) is 5.56 Å². The normalized spacial score (nSPS) is 13.4. The van der Waals surface area contributed by atoms with Gasteiger partial charge in [-0.3, -0.25) is 9.52 Å². The van der Waals surface area contributed by atoms with E-state index in [1.807, 2.05) is 6.07 Å². The van der Waals surface area contributed by atoms with Crippen molar-refractivity contribution in [1.29, 1.82) is 0 Å². The van der Waals surface area contributed by atoms with E-state index < -0.39 is 10.0 Å². The number of nitrogens with zero attached hydrogens (tertiary/aromatic N) is 1. The van der Waals surface area contributed by atoms with Gasteiger partial charge in [-0.25, -0.2) is 8.42 Å². The highest BCUT2D eigenvalue weighted by Crippen LogP contribution is 2.33. The Hall–Kier alpha value is -3.06. The Morgan fingerprint density at radius 1 is 1.11 bits per heavy atom. The van der Waals surface area contributed by atoms with Crippen molar-refractivity contribution in [2.45, 2.75) is 18.2 Å². The van der Waals surface area contributed by atoms with Crippen LogP contribution in [-0.4, -0.2) is 20.9 Å². The number of hydrogen-bond acceptors (Lipinski definition) is 4. The molecule has 1 aliphatic rings. The van der Waals surface area contributed by atoms with Crippen LogP contribution in [0.3, 0.4) is 0 Å². The molecule has 0 aliphatic carbocycles. The minimum atomic E-state index is -3.71. The quantitative estimate of drug-likeness (QED) is 0.748. The molecule has 1 aromatic heterocycles. The third-order valence-corrected chi connectivity index (χ3v) is 6.13. The molecule has 7 heteroatoms. The molecule has 27 heavy (non-hydrogen) atoms. The maximum atomic E-state index is 12.7. The number of benzene rings is 2. The summed E-state index contributed by atoms with van der Waals surface area (Å²) in [4.78, 5) is 14.5. The molecule has 0 bridgehead atoms. The third kappa shape index (κ3) is 3.21. The fourth-order valence-electron chi connectivity index (χ4n) is 3.25. The highest BCUT2D eigenvalue weighted by molar-refractivity contribution is 7.92. The van der Waals surface area contributed by atoms with Gasteiger partial charge in [-0.1, -0.05) is 24.3 Å². The van der Waals surface area contributed by atoms with E-state index in [2.05, 4.69) is 4.72 Å². The summed E-state index contributed by atoms with van der Waals surface area (Å²) in [5, 5.41) is 0. The van der Waals surface area contributed by atoms with Gasteiger partial charge in [0.15, 0.2) is 5.76 Å². The van der Waals surface area contributed by atoms with Gasteiger partial charge in [-0.15, -0.1) is 0 Å². The molecule has 0 saturated heterocycles. The number of hydrogen-bond donors (Lipinski definition) is 1. The Kier molecular flexibility index (Phi) is 4.24. The molecule has 0 atom stereocenters. The minimum Gasteiger partial charge on any atom is -0.459 e. The lowest BCUT2D eigenvalue weighted by atomic mass is 10.1. The SMILES string of the molecule is Cc1ccccc1S(=O)(=O)Nc1ccc2c(c1)N(C(=O)c1ccco1)CC2. The van der Waals surface area contributed by atoms with Crippen LogP contribution in [0, 0.1) is 6.92 Å². The predicted molar refractivity (Wildman–Crippen MR) is 103 cm³/mol. The maximum Gasteiger partial charge on any atom is 0.293 e. The molecule has 0 spiro atoms. The lowest BCUT2D eigenvalue weighted by Crippen LogP contribution is -2.28. The average Bonchev–Trinajstić information content (AvgIpc) is 3.31. The number of carbonyl (C=O) groups is 1. The number of sulfonamides is 1. The van der Waals surface area contributed by atoms with Crippen LogP contribution < -0.4 is 9.62 Å². The van der Waals surface area contributed by atoms with Gasteiger partial charge in [0, 0.05) is 12.2 Å². The molecule has 0 radical (unpaired) electrons. The largest absolute Gasteiger partial charge is 0.459 e. The van der Waals surface area contributed by atoms with Crippen molar-refractivity contribution in [3.63, 3.8) is 0 Å². The molecule has 2 heterocycles. The first-order valence-electron chi connectivity index (χ1n) is 8.52. The van der Waals surface area contributed by atoms with Crippen molar-refractivity contribution in [3.05, 3.63) is 77.7 Å². The topological polar surface area (TPSA) is 79.6 Å². The molecule has 1 amide bonds. The van der Waals surface area contributed by atoms with Crippen molar-refractivity contribution >= 4 is 27.3 Å². The summed E-state index contributed by atoms with van der Waals surface area (Å²) < 4.78 is 33.2. The summed E-state index contributed by atoms with van der Waals surface area (Å²) in [6.07, 6.45) is 2.17. The summed E-state index contributed by atoms with van der Waals surface area (Å²) in [5.74, 6) is 0.0198. The highest BCUT2D eigenvalue weighted by Gasteiger charge is 2.28. The standard InChI is InChI=1S/C20H18N2O4S/c1-14-5-2-3-7-19(14)27(24,25)21-16-9-8-15-10-11-22(17(15)13-16)20(23)18-6-4-12-26-18/h2-9,12-13,21H,10-11H2,1H3. The predicted octanol–water partition coefficient (Wildman–Crippen LogP) is 3.59. The molecule has 6 nitrogen and oxygen atoms in total. The maximum absolute atomic E-state index is 12.7. The van der Waals surface area contributed by atoms with E-state index in [1.54, 1.807) is 60.4 Å². The van der Waals surface area contributed by atoms with Gasteiger partial charge in [0.2, 0.25) is 0 Å². The van der Waals surface area contributed by atoms with E-state index >= 15 is 0 Å². The minimum absolute atomic E-state index is 0.231. The van der Waals surface area contributed by atoms with Gasteiger partial charge < -0.3 is 9.32 Å². The Balaban J connectivity index is 1.65. The van der Waals surface area contributed by atoms with Crippen molar-refractivity contribution in [1.82, 2.24) is 0 Å². The molecule has 1 N–H and O–H groups in total. The number of carbonyl (C=O) groups excluding carboxylic acids is 1. The number of furan rings is 1. The van der Waals surface area contributed by atoms with Crippen molar-refractivity contribution in [3.8, 4) is 0 Å². The second-order valence-electron chi connectivity index (χ2n) is 6.40. The average molecular weight is 382 g/mol. The van der Waals surface area contributed by atoms with Gasteiger partial charge in [0.05, 0.1) is 16.8 Å². The molecule has 0 fully saturated rings. The van der Waals surface area contributed by atoms with Crippen LogP contribution in [0.4, 0.5) is 11.4 Å². The molecular formula is C20H18N2O4S. The Bertz CT molecular complexity index is 1100. The van der Waals surface area contributed by atoms with Crippen LogP contribution in [-0.2, 0) is 16.4 Å². The van der Waals surface area contributed by atoms with Crippen LogP contribution in [0.1, 0.15) is 21.7 Å². The summed E-state index contributed by atoms with van der Waals surface area (Å²) in [6, 6.07) is 15.3. The lowest BCUT2D eigenvalue weighted by Gasteiger charge is -2.17. The van der Waals surface area contributed by atoms with Crippen LogP contribution in [0.2, 0.25) is 0 Å². The van der Waals surface area contributed by atoms with Crippen LogP contribution in [0.5, 0.6) is 0 Å². The zero-order valence-corrected chi connectivity index (χ0v) is 15.5. The second-order valence-corrected chi connectivity index (χ2v) is 8.05. The number of rotatable bonds is 4. The second kappa shape index (κ2) is 6.59. The third-order valence-electron chi connectivity index (χ3n) is 4.59. The fourth-order valence-corrected chi connectivity index (χ4v) is 4.55. The van der Waals surface area contributed by atoms with Crippen molar-refractivity contribution in [2.24, 2.45) is 0 Å². The molecule has 1 aliphatic heterocycles. The first kappa shape index (κ1) is 17.4. The summed E-state index contributed by atoms with van der Waals surface area (Å²) in [6.45, 7) is 2.28. The zero-order chi connectivity index (χ0) is 19.0. The molecule has 3 aromatic rings. The Morgan fingerprint density at radius 3 is 2.67 bits per heavy atom. The van der Waals surface area contributed by atoms with Crippen molar-refractivity contribution in [2.75, 3.05) is 16.2 Å². The van der Waals surface area contributed by atoms with E-state index in [1.165, 1.54) is 6.26 Å². The van der Waals surface area contributed by atoms with Gasteiger partial charge in [0.25, 0.3) is 15.9 Å². The molecule has 0 saturated carbocycles. The number of aryl methyl sites for hydroxylation is 1. The zero-order valence-electron chi connectivity index (χ0n) is 14.7. The molecule has 0 unspecified atom stereocenters. The number of nitrogens with one attached hydrogen (secondary N) is 1. The lowest BCUT2D eigenvalue weighted by molar-refractivity contribution is 0.0963. The van der Waals surface area contributed by atoms with Gasteiger partial charge in [0.1, 0.15) is 0 Å². The number of anilines is 2. The van der Waals surface area contributed by atoms with Gasteiger partial charge >= 0.3 is 0 Å². The highest BCUT2D eigenvalue weighted by atomic mass is 32.2. The number of amides is 1. The van der Waals surface area contributed by atoms with Crippen LogP contribution in [0.15, 0.2) is 70.2 Å². The summed E-state index contributed by atoms with van der Waals surface area (Å²) in [5.41, 5.74) is 2.77. The summed E-state index contributed by atoms with van der Waals surface area (Å²) in [7, 11) is -3.71. The molecule has 2 aromatic carbocycles. The molecule has 138 valence electrons. The molecule has 4 rings (SSSR count). The van der Waals surface area contributed by atoms with Crippen LogP contribution >= 0.6 is 0 Å². The van der Waals surface area contributed by atoms with E-state index in [-0.39, 0.29) is 16.6 Å². The fraction of sp³-hybridized carbons (Fsp3) is 0.150. The van der Waals surface area contributed by atoms with Crippen LogP contribution in [0.25, 0.3) is 0 Å². The smallest absolute Gasteiger partial charge is 0.293 e. The summed E-state index contributed by atoms with van der Waals surface area (Å²) >= 11 is 0. The van der Waals surface area contributed by atoms with E-state index in [0.29, 0.717) is 29.9 Å². The van der Waals surface area contributed by atoms with E-state index in [4.69, 9.17) is 4.42 Å². The number of fused-ring (bicyclic) bond motifs is 1. The monoisotopic (exact) mass is 382 g/mol. The Morgan fingerprint density at radius 2 is 1.93 bits per heavy atom. The van der Waals surface area contributed by atoms with Gasteiger partial charge in [-0.2, -0.15) is 0 Å². The first-order valence-corrected chi connectivity index (χ1v) is 10.0. The van der Waals surface area contributed by atoms with E-state index in [9.17, 15) is 13.2 Å². The van der Waals surface area contributed by atoms with Crippen molar-refractivity contribution < 1.29 is 17.6 Å². The van der Waals surface area contributed by atoms with Gasteiger partial charge in [-0.05, 0) is 54.8 Å². The molecular weight excluding hydrogens is 364 g/mol. The first-order chi connectivity index (χ1) is 13.0.